The molecule has 1 aliphatic rings. The number of hydrogen-bond donors (Lipinski definition) is 1. The van der Waals surface area contributed by atoms with Crippen LogP contribution in [0.25, 0.3) is 0 Å². The van der Waals surface area contributed by atoms with E-state index in [1.54, 1.807) is 12.3 Å². The van der Waals surface area contributed by atoms with E-state index in [4.69, 9.17) is 0 Å². The van der Waals surface area contributed by atoms with E-state index < -0.39 is 0 Å². The number of thioether (sulfide) groups is 1. The van der Waals surface area contributed by atoms with Crippen LogP contribution in [0.15, 0.2) is 18.5 Å². The van der Waals surface area contributed by atoms with Gasteiger partial charge < -0.3 is 5.32 Å². The van der Waals surface area contributed by atoms with Gasteiger partial charge in [-0.05, 0) is 38.1 Å². The number of nitrogens with zero attached hydrogens (tertiary/aromatic N) is 1. The van der Waals surface area contributed by atoms with Crippen LogP contribution in [-0.2, 0) is 0 Å². The highest BCUT2D eigenvalue weighted by atomic mass is 32.2. The Hall–Kier alpha value is -0.610. The molecule has 0 amide bonds. The van der Waals surface area contributed by atoms with Crippen molar-refractivity contribution in [2.75, 3.05) is 12.3 Å². The van der Waals surface area contributed by atoms with Crippen LogP contribution < -0.4 is 5.32 Å². The predicted octanol–water partition coefficient (Wildman–Crippen LogP) is 3.16. The zero-order valence-electron chi connectivity index (χ0n) is 10.4. The van der Waals surface area contributed by atoms with Crippen molar-refractivity contribution in [1.29, 1.82) is 0 Å². The van der Waals surface area contributed by atoms with E-state index in [9.17, 15) is 4.39 Å². The molecule has 0 aliphatic carbocycles. The third-order valence-corrected chi connectivity index (χ3v) is 4.98. The molecule has 2 unspecified atom stereocenters. The molecule has 1 N–H and O–H groups in total. The summed E-state index contributed by atoms with van der Waals surface area (Å²) in [6.07, 6.45) is 5.33. The highest BCUT2D eigenvalue weighted by Gasteiger charge is 2.39. The van der Waals surface area contributed by atoms with Crippen LogP contribution in [-0.4, -0.2) is 22.0 Å². The van der Waals surface area contributed by atoms with E-state index in [-0.39, 0.29) is 16.6 Å². The Morgan fingerprint density at radius 1 is 1.65 bits per heavy atom. The topological polar surface area (TPSA) is 24.9 Å². The third kappa shape index (κ3) is 2.63. The maximum absolute atomic E-state index is 13.9. The fourth-order valence-corrected chi connectivity index (χ4v) is 3.93. The quantitative estimate of drug-likeness (QED) is 0.893. The molecule has 4 heteroatoms. The van der Waals surface area contributed by atoms with Crippen LogP contribution in [0.2, 0.25) is 0 Å². The second-order valence-corrected chi connectivity index (χ2v) is 6.28. The SMILES string of the molecule is CCNC(c1ccncc1F)C1(C)CCCS1. The van der Waals surface area contributed by atoms with Crippen LogP contribution >= 0.6 is 11.8 Å². The smallest absolute Gasteiger partial charge is 0.146 e. The molecule has 0 bridgehead atoms. The van der Waals surface area contributed by atoms with Crippen molar-refractivity contribution in [2.45, 2.75) is 37.5 Å². The van der Waals surface area contributed by atoms with Gasteiger partial charge in [0.15, 0.2) is 0 Å². The van der Waals surface area contributed by atoms with Crippen molar-refractivity contribution in [3.8, 4) is 0 Å². The summed E-state index contributed by atoms with van der Waals surface area (Å²) < 4.78 is 14.0. The van der Waals surface area contributed by atoms with Gasteiger partial charge in [-0.25, -0.2) is 4.39 Å². The first-order valence-corrected chi connectivity index (χ1v) is 7.12. The van der Waals surface area contributed by atoms with Gasteiger partial charge in [0, 0.05) is 22.5 Å². The Kier molecular flexibility index (Phi) is 4.05. The minimum atomic E-state index is -0.202. The van der Waals surface area contributed by atoms with Crippen molar-refractivity contribution < 1.29 is 4.39 Å². The van der Waals surface area contributed by atoms with E-state index in [1.165, 1.54) is 18.4 Å². The lowest BCUT2D eigenvalue weighted by Crippen LogP contribution is -2.38. The summed E-state index contributed by atoms with van der Waals surface area (Å²) in [4.78, 5) is 3.83. The predicted molar refractivity (Wildman–Crippen MR) is 70.7 cm³/mol. The van der Waals surface area contributed by atoms with Crippen molar-refractivity contribution >= 4 is 11.8 Å². The normalized spacial score (nSPS) is 26.1. The number of aromatic nitrogens is 1. The fourth-order valence-electron chi connectivity index (χ4n) is 2.51. The Balaban J connectivity index is 2.32. The lowest BCUT2D eigenvalue weighted by atomic mass is 9.90. The van der Waals surface area contributed by atoms with Gasteiger partial charge >= 0.3 is 0 Å². The summed E-state index contributed by atoms with van der Waals surface area (Å²) in [6.45, 7) is 5.15. The monoisotopic (exact) mass is 254 g/mol. The van der Waals surface area contributed by atoms with Gasteiger partial charge in [-0.1, -0.05) is 6.92 Å². The average molecular weight is 254 g/mol. The molecule has 1 aromatic heterocycles. The number of rotatable bonds is 4. The zero-order valence-corrected chi connectivity index (χ0v) is 11.2. The van der Waals surface area contributed by atoms with E-state index in [0.29, 0.717) is 0 Å². The molecule has 0 spiro atoms. The minimum Gasteiger partial charge on any atom is -0.309 e. The maximum Gasteiger partial charge on any atom is 0.146 e. The van der Waals surface area contributed by atoms with Gasteiger partial charge in [0.1, 0.15) is 5.82 Å². The molecule has 0 saturated carbocycles. The molecule has 1 aliphatic heterocycles. The van der Waals surface area contributed by atoms with Crippen molar-refractivity contribution in [2.24, 2.45) is 0 Å². The summed E-state index contributed by atoms with van der Waals surface area (Å²) in [5.74, 6) is 0.970. The highest BCUT2D eigenvalue weighted by Crippen LogP contribution is 2.46. The van der Waals surface area contributed by atoms with Crippen molar-refractivity contribution in [3.05, 3.63) is 29.8 Å². The Morgan fingerprint density at radius 2 is 2.47 bits per heavy atom. The van der Waals surface area contributed by atoms with Crippen LogP contribution in [0.3, 0.4) is 0 Å². The van der Waals surface area contributed by atoms with E-state index >= 15 is 0 Å². The molecule has 2 rings (SSSR count). The van der Waals surface area contributed by atoms with Gasteiger partial charge in [0.25, 0.3) is 0 Å². The lowest BCUT2D eigenvalue weighted by molar-refractivity contribution is 0.406. The molecule has 94 valence electrons. The van der Waals surface area contributed by atoms with Gasteiger partial charge in [0.05, 0.1) is 6.20 Å². The first-order valence-electron chi connectivity index (χ1n) is 6.14. The molecule has 2 heterocycles. The second-order valence-electron chi connectivity index (χ2n) is 4.65. The number of halogens is 1. The third-order valence-electron chi connectivity index (χ3n) is 3.38. The molecule has 1 aromatic rings. The molecular weight excluding hydrogens is 235 g/mol. The van der Waals surface area contributed by atoms with Gasteiger partial charge in [-0.2, -0.15) is 11.8 Å². The highest BCUT2D eigenvalue weighted by molar-refractivity contribution is 8.00. The number of nitrogens with one attached hydrogen (secondary N) is 1. The van der Waals surface area contributed by atoms with E-state index in [1.807, 2.05) is 11.8 Å². The molecule has 2 atom stereocenters. The number of pyridine rings is 1. The number of hydrogen-bond acceptors (Lipinski definition) is 3. The Bertz CT molecular complexity index is 377. The summed E-state index contributed by atoms with van der Waals surface area (Å²) in [5, 5.41) is 3.43. The minimum absolute atomic E-state index is 0.0722. The first-order chi connectivity index (χ1) is 8.17. The summed E-state index contributed by atoms with van der Waals surface area (Å²) >= 11 is 1.95. The molecule has 1 saturated heterocycles. The second kappa shape index (κ2) is 5.36. The molecule has 0 radical (unpaired) electrons. The molecule has 17 heavy (non-hydrogen) atoms. The first kappa shape index (κ1) is 12.8. The maximum atomic E-state index is 13.9. The molecule has 1 fully saturated rings. The van der Waals surface area contributed by atoms with Crippen LogP contribution in [0.4, 0.5) is 4.39 Å². The Morgan fingerprint density at radius 3 is 3.06 bits per heavy atom. The average Bonchev–Trinajstić information content (AvgIpc) is 2.75. The van der Waals surface area contributed by atoms with Gasteiger partial charge in [0.2, 0.25) is 0 Å². The van der Waals surface area contributed by atoms with Crippen LogP contribution in [0.5, 0.6) is 0 Å². The van der Waals surface area contributed by atoms with Crippen LogP contribution in [0, 0.1) is 5.82 Å². The van der Waals surface area contributed by atoms with Crippen LogP contribution in [0.1, 0.15) is 38.3 Å². The lowest BCUT2D eigenvalue weighted by Gasteiger charge is -2.34. The summed E-state index contributed by atoms with van der Waals surface area (Å²) in [5.41, 5.74) is 0.749. The standard InChI is InChI=1S/C13H19FN2S/c1-3-16-12(13(2)6-4-8-17-13)10-5-7-15-9-11(10)14/h5,7,9,12,16H,3-4,6,8H2,1-2H3. The molecule has 0 aromatic carbocycles. The van der Waals surface area contributed by atoms with E-state index in [0.717, 1.165) is 18.5 Å². The van der Waals surface area contributed by atoms with Crippen molar-refractivity contribution in [1.82, 2.24) is 10.3 Å². The van der Waals surface area contributed by atoms with Gasteiger partial charge in [-0.3, -0.25) is 4.98 Å². The Labute approximate surface area is 106 Å². The molecule has 2 nitrogen and oxygen atoms in total. The van der Waals surface area contributed by atoms with E-state index in [2.05, 4.69) is 24.1 Å². The van der Waals surface area contributed by atoms with Crippen molar-refractivity contribution in [3.63, 3.8) is 0 Å². The summed E-state index contributed by atoms with van der Waals surface area (Å²) in [7, 11) is 0. The fraction of sp³-hybridized carbons (Fsp3) is 0.615. The zero-order chi connectivity index (χ0) is 12.3. The largest absolute Gasteiger partial charge is 0.309 e. The molecular formula is C13H19FN2S. The summed E-state index contributed by atoms with van der Waals surface area (Å²) in [6, 6.07) is 1.87. The van der Waals surface area contributed by atoms with Gasteiger partial charge in [-0.15, -0.1) is 0 Å².